The third-order valence-electron chi connectivity index (χ3n) is 5.75. The van der Waals surface area contributed by atoms with Crippen LogP contribution in [0.25, 0.3) is 10.8 Å². The first-order chi connectivity index (χ1) is 16.5. The molecule has 1 heterocycles. The van der Waals surface area contributed by atoms with E-state index < -0.39 is 12.2 Å². The number of benzene rings is 3. The van der Waals surface area contributed by atoms with Gasteiger partial charge in [-0.05, 0) is 73.2 Å². The summed E-state index contributed by atoms with van der Waals surface area (Å²) in [5.74, 6) is 6.38. The molecule has 0 saturated heterocycles. The van der Waals surface area contributed by atoms with Crippen molar-refractivity contribution in [2.75, 3.05) is 10.6 Å². The summed E-state index contributed by atoms with van der Waals surface area (Å²) in [6.45, 7) is 3.56. The Labute approximate surface area is 198 Å². The molecule has 3 aromatic carbocycles. The largest absolute Gasteiger partial charge is 0.441 e. The molecule has 170 valence electrons. The zero-order valence-electron chi connectivity index (χ0n) is 19.1. The fourth-order valence-electron chi connectivity index (χ4n) is 3.69. The minimum atomic E-state index is -0.591. The maximum absolute atomic E-state index is 12.5. The molecule has 1 amide bonds. The SMILES string of the molecule is Cc1noc(C#Cc2ccc3cc(NC4CC4)ccc3c2)c1NC(=O)OC(C)c1ccccc1. The van der Waals surface area contributed by atoms with Gasteiger partial charge in [-0.1, -0.05) is 53.5 Å². The van der Waals surface area contributed by atoms with Gasteiger partial charge >= 0.3 is 6.09 Å². The van der Waals surface area contributed by atoms with E-state index in [2.05, 4.69) is 51.9 Å². The molecule has 1 atom stereocenters. The van der Waals surface area contributed by atoms with Crippen molar-refractivity contribution in [3.8, 4) is 11.8 Å². The highest BCUT2D eigenvalue weighted by molar-refractivity contribution is 5.88. The lowest BCUT2D eigenvalue weighted by Crippen LogP contribution is -2.16. The lowest BCUT2D eigenvalue weighted by molar-refractivity contribution is 0.121. The quantitative estimate of drug-likeness (QED) is 0.342. The standard InChI is InChI=1S/C28H25N3O3/c1-18-27(30-28(32)33-19(2)21-6-4-3-5-7-21)26(34-31-18)15-9-20-8-10-23-17-25(29-24-13-14-24)12-11-22(23)16-20/h3-8,10-12,16-17,19,24,29H,13-14H2,1-2H3,(H,30,32). The normalized spacial score (nSPS) is 13.6. The van der Waals surface area contributed by atoms with E-state index >= 15 is 0 Å². The highest BCUT2D eigenvalue weighted by Gasteiger charge is 2.20. The molecule has 6 nitrogen and oxygen atoms in total. The van der Waals surface area contributed by atoms with Crippen LogP contribution in [0.5, 0.6) is 0 Å². The van der Waals surface area contributed by atoms with Crippen LogP contribution in [-0.2, 0) is 4.74 Å². The van der Waals surface area contributed by atoms with E-state index in [9.17, 15) is 4.79 Å². The van der Waals surface area contributed by atoms with E-state index in [0.29, 0.717) is 17.4 Å². The number of nitrogens with one attached hydrogen (secondary N) is 2. The smallest absolute Gasteiger partial charge is 0.412 e. The fourth-order valence-corrected chi connectivity index (χ4v) is 3.69. The van der Waals surface area contributed by atoms with Gasteiger partial charge < -0.3 is 14.6 Å². The molecule has 1 aliphatic carbocycles. The second-order valence-corrected chi connectivity index (χ2v) is 8.50. The maximum Gasteiger partial charge on any atom is 0.412 e. The van der Waals surface area contributed by atoms with Crippen molar-refractivity contribution in [1.82, 2.24) is 5.16 Å². The van der Waals surface area contributed by atoms with Crippen LogP contribution in [0.3, 0.4) is 0 Å². The van der Waals surface area contributed by atoms with Crippen molar-refractivity contribution in [2.24, 2.45) is 0 Å². The average Bonchev–Trinajstić information content (AvgIpc) is 3.60. The number of nitrogens with zero attached hydrogens (tertiary/aromatic N) is 1. The summed E-state index contributed by atoms with van der Waals surface area (Å²) in [6.07, 6.45) is 1.50. The third-order valence-corrected chi connectivity index (χ3v) is 5.75. The van der Waals surface area contributed by atoms with Crippen molar-refractivity contribution in [1.29, 1.82) is 0 Å². The van der Waals surface area contributed by atoms with Crippen molar-refractivity contribution in [3.05, 3.63) is 89.3 Å². The van der Waals surface area contributed by atoms with Gasteiger partial charge in [0.1, 0.15) is 17.5 Å². The monoisotopic (exact) mass is 451 g/mol. The number of anilines is 2. The number of ether oxygens (including phenoxy) is 1. The van der Waals surface area contributed by atoms with Crippen LogP contribution in [0.1, 0.15) is 48.5 Å². The summed E-state index contributed by atoms with van der Waals surface area (Å²) in [5, 5.41) is 12.5. The van der Waals surface area contributed by atoms with Crippen molar-refractivity contribution in [2.45, 2.75) is 38.8 Å². The molecule has 1 aromatic heterocycles. The Kier molecular flexibility index (Phi) is 5.92. The molecule has 4 aromatic rings. The number of rotatable bonds is 5. The van der Waals surface area contributed by atoms with Gasteiger partial charge in [-0.3, -0.25) is 5.32 Å². The van der Waals surface area contributed by atoms with Gasteiger partial charge in [-0.2, -0.15) is 0 Å². The second-order valence-electron chi connectivity index (χ2n) is 8.50. The summed E-state index contributed by atoms with van der Waals surface area (Å²) in [6, 6.07) is 22.6. The number of carbonyl (C=O) groups excluding carboxylic acids is 1. The van der Waals surface area contributed by atoms with E-state index in [4.69, 9.17) is 9.26 Å². The molecule has 6 heteroatoms. The highest BCUT2D eigenvalue weighted by Crippen LogP contribution is 2.27. The summed E-state index contributed by atoms with van der Waals surface area (Å²) in [5.41, 5.74) is 3.84. The summed E-state index contributed by atoms with van der Waals surface area (Å²) >= 11 is 0. The Hall–Kier alpha value is -4.24. The number of amides is 1. The Bertz CT molecular complexity index is 1390. The first kappa shape index (κ1) is 21.6. The summed E-state index contributed by atoms with van der Waals surface area (Å²) < 4.78 is 10.8. The Morgan fingerprint density at radius 3 is 2.62 bits per heavy atom. The third kappa shape index (κ3) is 5.05. The molecular formula is C28H25N3O3. The molecule has 2 N–H and O–H groups in total. The molecule has 1 saturated carbocycles. The average molecular weight is 452 g/mol. The van der Waals surface area contributed by atoms with Crippen LogP contribution < -0.4 is 10.6 Å². The Morgan fingerprint density at radius 1 is 1.06 bits per heavy atom. The lowest BCUT2D eigenvalue weighted by atomic mass is 10.1. The first-order valence-corrected chi connectivity index (χ1v) is 11.4. The van der Waals surface area contributed by atoms with E-state index in [1.807, 2.05) is 49.4 Å². The molecule has 5 rings (SSSR count). The molecule has 0 spiro atoms. The topological polar surface area (TPSA) is 76.4 Å². The molecule has 1 fully saturated rings. The molecule has 34 heavy (non-hydrogen) atoms. The van der Waals surface area contributed by atoms with Crippen LogP contribution in [0, 0.1) is 18.8 Å². The predicted octanol–water partition coefficient (Wildman–Crippen LogP) is 6.42. The Balaban J connectivity index is 1.29. The molecule has 1 aliphatic rings. The van der Waals surface area contributed by atoms with Gasteiger partial charge in [0.2, 0.25) is 5.76 Å². The summed E-state index contributed by atoms with van der Waals surface area (Å²) in [7, 11) is 0. The minimum Gasteiger partial charge on any atom is -0.441 e. The van der Waals surface area contributed by atoms with Crippen molar-refractivity contribution in [3.63, 3.8) is 0 Å². The van der Waals surface area contributed by atoms with Gasteiger partial charge in [0.05, 0.1) is 0 Å². The van der Waals surface area contributed by atoms with E-state index in [0.717, 1.165) is 27.6 Å². The van der Waals surface area contributed by atoms with Gasteiger partial charge in [0, 0.05) is 17.3 Å². The van der Waals surface area contributed by atoms with Crippen LogP contribution in [0.4, 0.5) is 16.2 Å². The lowest BCUT2D eigenvalue weighted by Gasteiger charge is -2.13. The van der Waals surface area contributed by atoms with Crippen molar-refractivity contribution >= 4 is 28.2 Å². The van der Waals surface area contributed by atoms with E-state index in [1.165, 1.54) is 12.8 Å². The van der Waals surface area contributed by atoms with Gasteiger partial charge in [-0.25, -0.2) is 4.79 Å². The minimum absolute atomic E-state index is 0.283. The number of hydrogen-bond donors (Lipinski definition) is 2. The first-order valence-electron chi connectivity index (χ1n) is 11.4. The molecule has 0 aliphatic heterocycles. The molecule has 0 bridgehead atoms. The summed E-state index contributed by atoms with van der Waals surface area (Å²) in [4.78, 5) is 12.5. The Morgan fingerprint density at radius 2 is 1.82 bits per heavy atom. The zero-order valence-corrected chi connectivity index (χ0v) is 19.1. The number of aromatic nitrogens is 1. The van der Waals surface area contributed by atoms with Gasteiger partial charge in [0.15, 0.2) is 0 Å². The van der Waals surface area contributed by atoms with Crippen LogP contribution in [0.15, 0.2) is 71.3 Å². The number of fused-ring (bicyclic) bond motifs is 1. The van der Waals surface area contributed by atoms with Crippen LogP contribution >= 0.6 is 0 Å². The fraction of sp³-hybridized carbons (Fsp3) is 0.214. The van der Waals surface area contributed by atoms with Crippen molar-refractivity contribution < 1.29 is 14.1 Å². The molecular weight excluding hydrogens is 426 g/mol. The zero-order chi connectivity index (χ0) is 23.5. The maximum atomic E-state index is 12.5. The van der Waals surface area contributed by atoms with Gasteiger partial charge in [0.25, 0.3) is 0 Å². The predicted molar refractivity (Wildman–Crippen MR) is 133 cm³/mol. The number of aryl methyl sites for hydroxylation is 1. The molecule has 1 unspecified atom stereocenters. The van der Waals surface area contributed by atoms with Crippen LogP contribution in [-0.4, -0.2) is 17.3 Å². The molecule has 0 radical (unpaired) electrons. The second kappa shape index (κ2) is 9.32. The van der Waals surface area contributed by atoms with Gasteiger partial charge in [-0.15, -0.1) is 0 Å². The van der Waals surface area contributed by atoms with Crippen LogP contribution in [0.2, 0.25) is 0 Å². The van der Waals surface area contributed by atoms with E-state index in [1.54, 1.807) is 6.92 Å². The number of hydrogen-bond acceptors (Lipinski definition) is 5. The number of carbonyl (C=O) groups is 1. The van der Waals surface area contributed by atoms with E-state index in [-0.39, 0.29) is 5.76 Å². The highest BCUT2D eigenvalue weighted by atomic mass is 16.6.